The number of ether oxygens (including phenoxy) is 3. The summed E-state index contributed by atoms with van der Waals surface area (Å²) >= 11 is 0. The van der Waals surface area contributed by atoms with Gasteiger partial charge in [-0.1, -0.05) is 0 Å². The molecule has 23 heavy (non-hydrogen) atoms. The molecule has 0 aliphatic carbocycles. The fourth-order valence-electron chi connectivity index (χ4n) is 1.00. The molecule has 0 radical (unpaired) electrons. The van der Waals surface area contributed by atoms with Crippen LogP contribution in [-0.4, -0.2) is 49.9 Å². The van der Waals surface area contributed by atoms with E-state index >= 15 is 0 Å². The Morgan fingerprint density at radius 2 is 1.00 bits per heavy atom. The van der Waals surface area contributed by atoms with Crippen LogP contribution in [0.5, 0.6) is 0 Å². The summed E-state index contributed by atoms with van der Waals surface area (Å²) in [6.45, 7) is 10.6. The van der Waals surface area contributed by atoms with E-state index in [2.05, 4.69) is 19.6 Å². The molecule has 0 saturated heterocycles. The van der Waals surface area contributed by atoms with Gasteiger partial charge in [-0.3, -0.25) is 9.78 Å². The first-order chi connectivity index (χ1) is 10.5. The average Bonchev–Trinajstić information content (AvgIpc) is 2.32. The molecule has 0 rings (SSSR count). The van der Waals surface area contributed by atoms with Crippen LogP contribution >= 0.6 is 0 Å². The van der Waals surface area contributed by atoms with Crippen molar-refractivity contribution in [2.45, 2.75) is 52.7 Å². The van der Waals surface area contributed by atoms with Crippen LogP contribution in [0.15, 0.2) is 0 Å². The lowest BCUT2D eigenvalue weighted by molar-refractivity contribution is -0.275. The van der Waals surface area contributed by atoms with Crippen LogP contribution in [0.4, 0.5) is 9.59 Å². The predicted molar refractivity (Wildman–Crippen MR) is 77.4 cm³/mol. The van der Waals surface area contributed by atoms with Crippen LogP contribution in [-0.2, 0) is 33.8 Å². The first-order valence-electron chi connectivity index (χ1n) is 7.12. The number of hydrogen-bond acceptors (Lipinski definition) is 9. The van der Waals surface area contributed by atoms with E-state index < -0.39 is 23.5 Å². The largest absolute Gasteiger partial charge is 0.540 e. The van der Waals surface area contributed by atoms with E-state index in [1.165, 1.54) is 0 Å². The standard InChI is InChI=1S/C14H26O9/c1-13(2,3)20-11(15)22-18-9-7-17-8-10-19-23-12(16)21-14(4,5)6/h7-10H2,1-6H3. The molecule has 0 amide bonds. The van der Waals surface area contributed by atoms with Crippen molar-refractivity contribution in [3.63, 3.8) is 0 Å². The Morgan fingerprint density at radius 3 is 1.30 bits per heavy atom. The van der Waals surface area contributed by atoms with Gasteiger partial charge < -0.3 is 14.2 Å². The van der Waals surface area contributed by atoms with Crippen LogP contribution in [0.1, 0.15) is 41.5 Å². The van der Waals surface area contributed by atoms with Gasteiger partial charge in [-0.2, -0.15) is 9.78 Å². The van der Waals surface area contributed by atoms with Crippen LogP contribution in [0.3, 0.4) is 0 Å². The van der Waals surface area contributed by atoms with Crippen molar-refractivity contribution in [1.29, 1.82) is 0 Å². The second-order valence-electron chi connectivity index (χ2n) is 6.35. The minimum Gasteiger partial charge on any atom is -0.427 e. The monoisotopic (exact) mass is 338 g/mol. The van der Waals surface area contributed by atoms with Gasteiger partial charge >= 0.3 is 12.3 Å². The van der Waals surface area contributed by atoms with Crippen molar-refractivity contribution in [2.75, 3.05) is 26.4 Å². The van der Waals surface area contributed by atoms with Crippen LogP contribution < -0.4 is 0 Å². The van der Waals surface area contributed by atoms with Gasteiger partial charge in [0.1, 0.15) is 24.4 Å². The molecule has 0 N–H and O–H groups in total. The summed E-state index contributed by atoms with van der Waals surface area (Å²) in [5.41, 5.74) is -1.30. The Kier molecular flexibility index (Phi) is 9.54. The van der Waals surface area contributed by atoms with Crippen molar-refractivity contribution in [3.8, 4) is 0 Å². The molecular formula is C14H26O9. The molecule has 0 unspecified atom stereocenters. The molecular weight excluding hydrogens is 312 g/mol. The lowest BCUT2D eigenvalue weighted by Crippen LogP contribution is -2.25. The Bertz CT molecular complexity index is 320. The lowest BCUT2D eigenvalue weighted by atomic mass is 10.2. The van der Waals surface area contributed by atoms with Crippen molar-refractivity contribution < 1.29 is 43.3 Å². The van der Waals surface area contributed by atoms with Gasteiger partial charge in [-0.05, 0) is 41.5 Å². The van der Waals surface area contributed by atoms with Gasteiger partial charge in [0.2, 0.25) is 0 Å². The Hall–Kier alpha value is -1.58. The molecule has 0 heterocycles. The van der Waals surface area contributed by atoms with Gasteiger partial charge in [0.05, 0.1) is 13.2 Å². The van der Waals surface area contributed by atoms with Gasteiger partial charge in [0, 0.05) is 0 Å². The van der Waals surface area contributed by atoms with E-state index in [9.17, 15) is 9.59 Å². The van der Waals surface area contributed by atoms with E-state index in [0.29, 0.717) is 0 Å². The van der Waals surface area contributed by atoms with Crippen LogP contribution in [0.25, 0.3) is 0 Å². The fourth-order valence-corrected chi connectivity index (χ4v) is 1.00. The zero-order valence-corrected chi connectivity index (χ0v) is 14.5. The number of carbonyl (C=O) groups excluding carboxylic acids is 2. The van der Waals surface area contributed by atoms with E-state index in [4.69, 9.17) is 14.2 Å². The summed E-state index contributed by atoms with van der Waals surface area (Å²) < 4.78 is 14.8. The molecule has 0 fully saturated rings. The molecule has 9 heteroatoms. The normalized spacial score (nSPS) is 11.7. The highest BCUT2D eigenvalue weighted by Crippen LogP contribution is 2.08. The van der Waals surface area contributed by atoms with Crippen molar-refractivity contribution in [1.82, 2.24) is 0 Å². The maximum absolute atomic E-state index is 11.1. The Labute approximate surface area is 135 Å². The molecule has 0 aromatic heterocycles. The average molecular weight is 338 g/mol. The minimum absolute atomic E-state index is 0.0200. The number of carbonyl (C=O) groups is 2. The third kappa shape index (κ3) is 16.6. The van der Waals surface area contributed by atoms with Gasteiger partial charge in [-0.15, -0.1) is 0 Å². The van der Waals surface area contributed by atoms with Crippen molar-refractivity contribution >= 4 is 12.3 Å². The molecule has 0 bridgehead atoms. The SMILES string of the molecule is CC(C)(C)OC(=O)OOCCOCCOOC(=O)OC(C)(C)C. The molecule has 136 valence electrons. The molecule has 0 aliphatic heterocycles. The Morgan fingerprint density at radius 1 is 0.652 bits per heavy atom. The van der Waals surface area contributed by atoms with Gasteiger partial charge in [0.25, 0.3) is 0 Å². The van der Waals surface area contributed by atoms with Gasteiger partial charge in [-0.25, -0.2) is 9.59 Å². The molecule has 0 spiro atoms. The molecule has 0 atom stereocenters. The lowest BCUT2D eigenvalue weighted by Gasteiger charge is -2.18. The highest BCUT2D eigenvalue weighted by Gasteiger charge is 2.18. The first kappa shape index (κ1) is 21.4. The van der Waals surface area contributed by atoms with Crippen molar-refractivity contribution in [2.24, 2.45) is 0 Å². The third-order valence-corrected chi connectivity index (χ3v) is 1.65. The van der Waals surface area contributed by atoms with Crippen LogP contribution in [0.2, 0.25) is 0 Å². The number of rotatable bonds is 8. The summed E-state index contributed by atoms with van der Waals surface area (Å²) in [5.74, 6) is 0. The van der Waals surface area contributed by atoms with E-state index in [-0.39, 0.29) is 26.4 Å². The fraction of sp³-hybridized carbons (Fsp3) is 0.857. The van der Waals surface area contributed by atoms with E-state index in [0.717, 1.165) is 0 Å². The van der Waals surface area contributed by atoms with Gasteiger partial charge in [0.15, 0.2) is 0 Å². The second-order valence-corrected chi connectivity index (χ2v) is 6.35. The summed E-state index contributed by atoms with van der Waals surface area (Å²) in [6, 6.07) is 0. The molecule has 9 nitrogen and oxygen atoms in total. The summed E-state index contributed by atoms with van der Waals surface area (Å²) in [6.07, 6.45) is -1.85. The Balaban J connectivity index is 3.41. The topological polar surface area (TPSA) is 98.8 Å². The summed E-state index contributed by atoms with van der Waals surface area (Å²) in [5, 5.41) is 0. The number of hydrogen-bond donors (Lipinski definition) is 0. The summed E-state index contributed by atoms with van der Waals surface area (Å²) in [4.78, 5) is 40.1. The zero-order chi connectivity index (χ0) is 17.9. The highest BCUT2D eigenvalue weighted by atomic mass is 17.2. The van der Waals surface area contributed by atoms with Crippen molar-refractivity contribution in [3.05, 3.63) is 0 Å². The molecule has 0 aromatic rings. The molecule has 0 saturated carbocycles. The first-order valence-corrected chi connectivity index (χ1v) is 7.12. The zero-order valence-electron chi connectivity index (χ0n) is 14.5. The van der Waals surface area contributed by atoms with E-state index in [1.807, 2.05) is 0 Å². The third-order valence-electron chi connectivity index (χ3n) is 1.65. The molecule has 0 aliphatic rings. The quantitative estimate of drug-likeness (QED) is 0.286. The maximum atomic E-state index is 11.1. The smallest absolute Gasteiger partial charge is 0.427 e. The minimum atomic E-state index is -0.924. The summed E-state index contributed by atoms with van der Waals surface area (Å²) in [7, 11) is 0. The maximum Gasteiger partial charge on any atom is 0.540 e. The highest BCUT2D eigenvalue weighted by molar-refractivity contribution is 5.59. The predicted octanol–water partition coefficient (Wildman–Crippen LogP) is 2.77. The molecule has 0 aromatic carbocycles. The van der Waals surface area contributed by atoms with E-state index in [1.54, 1.807) is 41.5 Å². The van der Waals surface area contributed by atoms with Crippen LogP contribution in [0, 0.1) is 0 Å². The second kappa shape index (κ2) is 10.2.